The fourth-order valence-corrected chi connectivity index (χ4v) is 1.53. The molecule has 0 aliphatic heterocycles. The van der Waals surface area contributed by atoms with Crippen molar-refractivity contribution in [2.45, 2.75) is 26.4 Å². The van der Waals surface area contributed by atoms with E-state index >= 15 is 0 Å². The van der Waals surface area contributed by atoms with Gasteiger partial charge in [0.15, 0.2) is 0 Å². The van der Waals surface area contributed by atoms with Crippen LogP contribution in [0.25, 0.3) is 0 Å². The lowest BCUT2D eigenvalue weighted by Gasteiger charge is -2.13. The number of amides is 2. The first kappa shape index (κ1) is 15.4. The zero-order chi connectivity index (χ0) is 14.3. The van der Waals surface area contributed by atoms with E-state index in [0.717, 1.165) is 6.42 Å². The Morgan fingerprint density at radius 2 is 1.89 bits per heavy atom. The largest absolute Gasteiger partial charge is 0.387 e. The predicted octanol–water partition coefficient (Wildman–Crippen LogP) is 2.20. The molecule has 0 aliphatic carbocycles. The van der Waals surface area contributed by atoms with Crippen molar-refractivity contribution in [1.29, 1.82) is 0 Å². The Labute approximate surface area is 113 Å². The first-order chi connectivity index (χ1) is 8.99. The second-order valence-electron chi connectivity index (χ2n) is 4.89. The Morgan fingerprint density at radius 3 is 2.47 bits per heavy atom. The highest BCUT2D eigenvalue weighted by molar-refractivity contribution is 5.73. The molecule has 1 aromatic rings. The van der Waals surface area contributed by atoms with Gasteiger partial charge in [-0.05, 0) is 30.0 Å². The van der Waals surface area contributed by atoms with Gasteiger partial charge in [0, 0.05) is 13.1 Å². The third kappa shape index (κ3) is 6.20. The highest BCUT2D eigenvalue weighted by atomic mass is 19.1. The van der Waals surface area contributed by atoms with Crippen LogP contribution < -0.4 is 10.6 Å². The van der Waals surface area contributed by atoms with Crippen molar-refractivity contribution >= 4 is 6.03 Å². The molecule has 5 heteroatoms. The van der Waals surface area contributed by atoms with E-state index in [2.05, 4.69) is 24.5 Å². The van der Waals surface area contributed by atoms with Crippen LogP contribution >= 0.6 is 0 Å². The summed E-state index contributed by atoms with van der Waals surface area (Å²) in [6.07, 6.45) is 0.0740. The van der Waals surface area contributed by atoms with Gasteiger partial charge in [0.05, 0.1) is 6.10 Å². The summed E-state index contributed by atoms with van der Waals surface area (Å²) in [6, 6.07) is 5.25. The minimum atomic E-state index is -0.837. The Bertz CT molecular complexity index is 393. The topological polar surface area (TPSA) is 61.4 Å². The zero-order valence-corrected chi connectivity index (χ0v) is 11.3. The molecule has 0 saturated carbocycles. The van der Waals surface area contributed by atoms with Crippen LogP contribution in [0, 0.1) is 11.7 Å². The van der Waals surface area contributed by atoms with Crippen molar-refractivity contribution in [3.05, 3.63) is 35.6 Å². The number of aliphatic hydroxyl groups excluding tert-OH is 1. The molecule has 3 N–H and O–H groups in total. The van der Waals surface area contributed by atoms with Crippen LogP contribution in [0.2, 0.25) is 0 Å². The van der Waals surface area contributed by atoms with Crippen LogP contribution in [0.15, 0.2) is 24.3 Å². The van der Waals surface area contributed by atoms with Gasteiger partial charge in [-0.25, -0.2) is 9.18 Å². The van der Waals surface area contributed by atoms with Crippen LogP contribution in [-0.2, 0) is 0 Å². The lowest BCUT2D eigenvalue weighted by atomic mass is 10.1. The van der Waals surface area contributed by atoms with Crippen molar-refractivity contribution in [1.82, 2.24) is 10.6 Å². The number of halogens is 1. The number of aliphatic hydroxyl groups is 1. The number of rotatable bonds is 6. The molecule has 0 fully saturated rings. The molecular weight excluding hydrogens is 247 g/mol. The fourth-order valence-electron chi connectivity index (χ4n) is 1.53. The number of benzene rings is 1. The number of hydrogen-bond donors (Lipinski definition) is 3. The Balaban J connectivity index is 2.27. The fraction of sp³-hybridized carbons (Fsp3) is 0.500. The highest BCUT2D eigenvalue weighted by Crippen LogP contribution is 2.12. The summed E-state index contributed by atoms with van der Waals surface area (Å²) >= 11 is 0. The lowest BCUT2D eigenvalue weighted by Crippen LogP contribution is -2.38. The van der Waals surface area contributed by atoms with E-state index in [1.54, 1.807) is 0 Å². The summed E-state index contributed by atoms with van der Waals surface area (Å²) in [4.78, 5) is 11.4. The number of carbonyl (C=O) groups is 1. The van der Waals surface area contributed by atoms with Gasteiger partial charge < -0.3 is 15.7 Å². The van der Waals surface area contributed by atoms with Crippen molar-refractivity contribution in [2.75, 3.05) is 13.1 Å². The van der Waals surface area contributed by atoms with Gasteiger partial charge in [-0.2, -0.15) is 0 Å². The molecule has 0 aliphatic rings. The molecule has 0 saturated heterocycles. The molecule has 1 atom stereocenters. The molecule has 19 heavy (non-hydrogen) atoms. The van der Waals surface area contributed by atoms with Gasteiger partial charge in [0.25, 0.3) is 0 Å². The maximum absolute atomic E-state index is 12.7. The van der Waals surface area contributed by atoms with Gasteiger partial charge in [-0.3, -0.25) is 0 Å². The SMILES string of the molecule is CC(C)CCNC(=O)NCC(O)c1ccc(F)cc1. The molecule has 1 unspecified atom stereocenters. The average molecular weight is 268 g/mol. The molecule has 0 spiro atoms. The molecule has 106 valence electrons. The first-order valence-electron chi connectivity index (χ1n) is 6.44. The molecular formula is C14H21FN2O2. The molecule has 0 bridgehead atoms. The van der Waals surface area contributed by atoms with E-state index in [1.165, 1.54) is 24.3 Å². The van der Waals surface area contributed by atoms with Crippen molar-refractivity contribution < 1.29 is 14.3 Å². The second-order valence-corrected chi connectivity index (χ2v) is 4.89. The molecule has 2 amide bonds. The summed E-state index contributed by atoms with van der Waals surface area (Å²) < 4.78 is 12.7. The third-order valence-corrected chi connectivity index (χ3v) is 2.72. The lowest BCUT2D eigenvalue weighted by molar-refractivity contribution is 0.173. The minimum absolute atomic E-state index is 0.0964. The zero-order valence-electron chi connectivity index (χ0n) is 11.3. The van der Waals surface area contributed by atoms with Crippen LogP contribution in [0.5, 0.6) is 0 Å². The number of hydrogen-bond acceptors (Lipinski definition) is 2. The quantitative estimate of drug-likeness (QED) is 0.740. The molecule has 1 aromatic carbocycles. The van der Waals surface area contributed by atoms with E-state index in [4.69, 9.17) is 0 Å². The van der Waals surface area contributed by atoms with Crippen molar-refractivity contribution in [3.63, 3.8) is 0 Å². The Hall–Kier alpha value is -1.62. The van der Waals surface area contributed by atoms with Gasteiger partial charge in [0.1, 0.15) is 5.82 Å². The minimum Gasteiger partial charge on any atom is -0.387 e. The standard InChI is InChI=1S/C14H21FN2O2/c1-10(2)7-8-16-14(19)17-9-13(18)11-3-5-12(15)6-4-11/h3-6,10,13,18H,7-9H2,1-2H3,(H2,16,17,19). The maximum Gasteiger partial charge on any atom is 0.314 e. The van der Waals surface area contributed by atoms with Gasteiger partial charge in [0.2, 0.25) is 0 Å². The molecule has 0 radical (unpaired) electrons. The van der Waals surface area contributed by atoms with Crippen molar-refractivity contribution in [3.8, 4) is 0 Å². The molecule has 1 rings (SSSR count). The van der Waals surface area contributed by atoms with E-state index in [9.17, 15) is 14.3 Å². The van der Waals surface area contributed by atoms with Gasteiger partial charge in [-0.1, -0.05) is 26.0 Å². The number of nitrogens with one attached hydrogen (secondary N) is 2. The van der Waals surface area contributed by atoms with Crippen LogP contribution in [-0.4, -0.2) is 24.2 Å². The van der Waals surface area contributed by atoms with Crippen LogP contribution in [0.3, 0.4) is 0 Å². The Morgan fingerprint density at radius 1 is 1.26 bits per heavy atom. The van der Waals surface area contributed by atoms with Crippen LogP contribution in [0.4, 0.5) is 9.18 Å². The summed E-state index contributed by atoms with van der Waals surface area (Å²) in [5.41, 5.74) is 0.573. The monoisotopic (exact) mass is 268 g/mol. The summed E-state index contributed by atoms with van der Waals surface area (Å²) in [6.45, 7) is 4.87. The maximum atomic E-state index is 12.7. The Kier molecular flexibility index (Phi) is 6.29. The number of urea groups is 1. The summed E-state index contributed by atoms with van der Waals surface area (Å²) in [5, 5.41) is 15.1. The van der Waals surface area contributed by atoms with Crippen LogP contribution in [0.1, 0.15) is 31.9 Å². The van der Waals surface area contributed by atoms with E-state index in [1.807, 2.05) is 0 Å². The predicted molar refractivity (Wildman–Crippen MR) is 72.2 cm³/mol. The van der Waals surface area contributed by atoms with Crippen molar-refractivity contribution in [2.24, 2.45) is 5.92 Å². The molecule has 4 nitrogen and oxygen atoms in total. The third-order valence-electron chi connectivity index (χ3n) is 2.72. The molecule has 0 heterocycles. The summed E-state index contributed by atoms with van der Waals surface area (Å²) in [5.74, 6) is 0.181. The first-order valence-corrected chi connectivity index (χ1v) is 6.44. The van der Waals surface area contributed by atoms with E-state index in [-0.39, 0.29) is 18.4 Å². The second kappa shape index (κ2) is 7.74. The van der Waals surface area contributed by atoms with Gasteiger partial charge >= 0.3 is 6.03 Å². The smallest absolute Gasteiger partial charge is 0.314 e. The number of carbonyl (C=O) groups excluding carboxylic acids is 1. The average Bonchev–Trinajstić information content (AvgIpc) is 2.36. The van der Waals surface area contributed by atoms with E-state index < -0.39 is 6.10 Å². The summed E-state index contributed by atoms with van der Waals surface area (Å²) in [7, 11) is 0. The highest BCUT2D eigenvalue weighted by Gasteiger charge is 2.09. The van der Waals surface area contributed by atoms with E-state index in [0.29, 0.717) is 18.0 Å². The van der Waals surface area contributed by atoms with Gasteiger partial charge in [-0.15, -0.1) is 0 Å². The molecule has 0 aromatic heterocycles. The normalized spacial score (nSPS) is 12.3.